The van der Waals surface area contributed by atoms with E-state index in [0.29, 0.717) is 18.0 Å². The molecule has 4 atom stereocenters. The smallest absolute Gasteiger partial charge is 0.0601 e. The van der Waals surface area contributed by atoms with Gasteiger partial charge in [0.25, 0.3) is 0 Å². The Labute approximate surface area is 109 Å². The third-order valence-corrected chi connectivity index (χ3v) is 5.37. The molecule has 0 radical (unpaired) electrons. The first-order valence-electron chi connectivity index (χ1n) is 7.36. The number of fused-ring (bicyclic) bond motifs is 5. The quantitative estimate of drug-likeness (QED) is 0.757. The van der Waals surface area contributed by atoms with Gasteiger partial charge in [-0.05, 0) is 36.8 Å². The maximum atomic E-state index is 10.4. The van der Waals surface area contributed by atoms with Gasteiger partial charge < -0.3 is 5.11 Å². The normalized spacial score (nSPS) is 38.9. The molecule has 0 amide bonds. The fourth-order valence-electron chi connectivity index (χ4n) is 4.56. The average molecular weight is 243 g/mol. The first-order valence-corrected chi connectivity index (χ1v) is 7.36. The number of hydrogen-bond acceptors (Lipinski definition) is 2. The lowest BCUT2D eigenvalue weighted by atomic mass is 9.79. The Balaban J connectivity index is 1.73. The Morgan fingerprint density at radius 2 is 2.06 bits per heavy atom. The molecule has 1 saturated carbocycles. The van der Waals surface area contributed by atoms with Gasteiger partial charge in [-0.1, -0.05) is 30.7 Å². The molecule has 2 heteroatoms. The zero-order valence-electron chi connectivity index (χ0n) is 10.8. The number of hydrogen-bond donors (Lipinski definition) is 1. The van der Waals surface area contributed by atoms with Gasteiger partial charge in [-0.2, -0.15) is 0 Å². The van der Waals surface area contributed by atoms with Gasteiger partial charge >= 0.3 is 0 Å². The molecule has 4 unspecified atom stereocenters. The number of aliphatic hydroxyl groups excluding tert-OH is 1. The Morgan fingerprint density at radius 3 is 3.00 bits per heavy atom. The van der Waals surface area contributed by atoms with Crippen LogP contribution in [-0.2, 0) is 6.42 Å². The second-order valence-electron chi connectivity index (χ2n) is 6.17. The summed E-state index contributed by atoms with van der Waals surface area (Å²) in [7, 11) is 0. The fourth-order valence-corrected chi connectivity index (χ4v) is 4.56. The highest BCUT2D eigenvalue weighted by atomic mass is 16.3. The van der Waals surface area contributed by atoms with E-state index in [2.05, 4.69) is 29.2 Å². The number of nitrogens with zero attached hydrogens (tertiary/aromatic N) is 1. The van der Waals surface area contributed by atoms with Gasteiger partial charge in [0.15, 0.2) is 0 Å². The first-order chi connectivity index (χ1) is 8.84. The minimum Gasteiger partial charge on any atom is -0.393 e. The standard InChI is InChI=1S/C16H21NO/c18-16-10-15-12-5-2-1-4-11(12)8-9-17(15)14-7-3-6-13(14)16/h1-2,4-5,13-16,18H,3,6-10H2. The summed E-state index contributed by atoms with van der Waals surface area (Å²) in [6.07, 6.45) is 5.88. The second-order valence-corrected chi connectivity index (χ2v) is 6.17. The van der Waals surface area contributed by atoms with E-state index in [4.69, 9.17) is 0 Å². The lowest BCUT2D eigenvalue weighted by Crippen LogP contribution is -2.52. The molecule has 2 fully saturated rings. The lowest BCUT2D eigenvalue weighted by Gasteiger charge is -2.49. The lowest BCUT2D eigenvalue weighted by molar-refractivity contribution is -0.0416. The number of aliphatic hydroxyl groups is 1. The molecular formula is C16H21NO. The summed E-state index contributed by atoms with van der Waals surface area (Å²) in [6.45, 7) is 1.19. The molecule has 1 aliphatic carbocycles. The van der Waals surface area contributed by atoms with Crippen molar-refractivity contribution in [1.29, 1.82) is 0 Å². The van der Waals surface area contributed by atoms with Crippen LogP contribution in [0.2, 0.25) is 0 Å². The van der Waals surface area contributed by atoms with Crippen molar-refractivity contribution in [2.75, 3.05) is 6.54 Å². The predicted molar refractivity (Wildman–Crippen MR) is 71.3 cm³/mol. The van der Waals surface area contributed by atoms with E-state index < -0.39 is 0 Å². The summed E-state index contributed by atoms with van der Waals surface area (Å²) in [5, 5.41) is 10.4. The van der Waals surface area contributed by atoms with Gasteiger partial charge in [-0.3, -0.25) is 4.90 Å². The van der Waals surface area contributed by atoms with Gasteiger partial charge in [0, 0.05) is 24.5 Å². The molecule has 18 heavy (non-hydrogen) atoms. The first kappa shape index (κ1) is 11.0. The molecule has 0 aromatic heterocycles. The van der Waals surface area contributed by atoms with Crippen LogP contribution in [-0.4, -0.2) is 28.7 Å². The zero-order valence-corrected chi connectivity index (χ0v) is 10.8. The van der Waals surface area contributed by atoms with Crippen LogP contribution in [0.5, 0.6) is 0 Å². The van der Waals surface area contributed by atoms with Crippen molar-refractivity contribution < 1.29 is 5.11 Å². The van der Waals surface area contributed by atoms with Crippen LogP contribution in [0.4, 0.5) is 0 Å². The Kier molecular flexibility index (Phi) is 2.49. The van der Waals surface area contributed by atoms with Gasteiger partial charge in [0.2, 0.25) is 0 Å². The molecule has 1 N–H and O–H groups in total. The number of rotatable bonds is 0. The largest absolute Gasteiger partial charge is 0.393 e. The van der Waals surface area contributed by atoms with Crippen molar-refractivity contribution in [2.24, 2.45) is 5.92 Å². The average Bonchev–Trinajstić information content (AvgIpc) is 2.89. The van der Waals surface area contributed by atoms with Gasteiger partial charge in [-0.15, -0.1) is 0 Å². The zero-order chi connectivity index (χ0) is 12.1. The van der Waals surface area contributed by atoms with E-state index in [9.17, 15) is 5.11 Å². The predicted octanol–water partition coefficient (Wildman–Crippen LogP) is 2.52. The molecule has 96 valence electrons. The summed E-state index contributed by atoms with van der Waals surface area (Å²) in [6, 6.07) is 9.95. The molecule has 2 aliphatic heterocycles. The maximum absolute atomic E-state index is 10.4. The molecule has 0 spiro atoms. The Morgan fingerprint density at radius 1 is 1.17 bits per heavy atom. The van der Waals surface area contributed by atoms with E-state index in [1.807, 2.05) is 0 Å². The van der Waals surface area contributed by atoms with Crippen LogP contribution in [0.3, 0.4) is 0 Å². The monoisotopic (exact) mass is 243 g/mol. The van der Waals surface area contributed by atoms with E-state index in [0.717, 1.165) is 6.42 Å². The molecular weight excluding hydrogens is 222 g/mol. The number of piperidine rings is 1. The fraction of sp³-hybridized carbons (Fsp3) is 0.625. The van der Waals surface area contributed by atoms with Crippen LogP contribution in [0.1, 0.15) is 42.9 Å². The maximum Gasteiger partial charge on any atom is 0.0601 e. The van der Waals surface area contributed by atoms with Gasteiger partial charge in [0.05, 0.1) is 6.10 Å². The van der Waals surface area contributed by atoms with Crippen molar-refractivity contribution in [3.63, 3.8) is 0 Å². The van der Waals surface area contributed by atoms with E-state index >= 15 is 0 Å². The third kappa shape index (κ3) is 1.49. The van der Waals surface area contributed by atoms with Crippen LogP contribution >= 0.6 is 0 Å². The van der Waals surface area contributed by atoms with Crippen LogP contribution in [0.25, 0.3) is 0 Å². The Hall–Kier alpha value is -0.860. The molecule has 1 aromatic rings. The summed E-state index contributed by atoms with van der Waals surface area (Å²) in [5.74, 6) is 0.548. The molecule has 3 aliphatic rings. The highest BCUT2D eigenvalue weighted by Gasteiger charge is 2.46. The highest BCUT2D eigenvalue weighted by Crippen LogP contribution is 2.46. The summed E-state index contributed by atoms with van der Waals surface area (Å²) >= 11 is 0. The summed E-state index contributed by atoms with van der Waals surface area (Å²) < 4.78 is 0. The molecule has 2 nitrogen and oxygen atoms in total. The van der Waals surface area contributed by atoms with E-state index in [1.165, 1.54) is 43.4 Å². The number of benzene rings is 1. The second kappa shape index (κ2) is 4.07. The minimum absolute atomic E-state index is 0.0788. The topological polar surface area (TPSA) is 23.5 Å². The summed E-state index contributed by atoms with van der Waals surface area (Å²) in [4.78, 5) is 2.70. The Bertz CT molecular complexity index is 458. The van der Waals surface area contributed by atoms with Crippen molar-refractivity contribution in [1.82, 2.24) is 4.90 Å². The summed E-state index contributed by atoms with van der Waals surface area (Å²) in [5.41, 5.74) is 2.98. The van der Waals surface area contributed by atoms with Crippen molar-refractivity contribution in [3.8, 4) is 0 Å². The molecule has 0 bridgehead atoms. The van der Waals surface area contributed by atoms with Gasteiger partial charge in [-0.25, -0.2) is 0 Å². The third-order valence-electron chi connectivity index (χ3n) is 5.37. The SMILES string of the molecule is OC1CC2c3ccccc3CCN2C2CCCC12. The molecule has 2 heterocycles. The van der Waals surface area contributed by atoms with Gasteiger partial charge in [0.1, 0.15) is 0 Å². The van der Waals surface area contributed by atoms with Crippen LogP contribution < -0.4 is 0 Å². The van der Waals surface area contributed by atoms with E-state index in [-0.39, 0.29) is 6.10 Å². The van der Waals surface area contributed by atoms with E-state index in [1.54, 1.807) is 0 Å². The minimum atomic E-state index is -0.0788. The van der Waals surface area contributed by atoms with Crippen LogP contribution in [0, 0.1) is 5.92 Å². The van der Waals surface area contributed by atoms with Crippen LogP contribution in [0.15, 0.2) is 24.3 Å². The van der Waals surface area contributed by atoms with Crippen molar-refractivity contribution >= 4 is 0 Å². The molecule has 1 saturated heterocycles. The molecule has 1 aromatic carbocycles. The van der Waals surface area contributed by atoms with Crippen molar-refractivity contribution in [3.05, 3.63) is 35.4 Å². The highest BCUT2D eigenvalue weighted by molar-refractivity contribution is 5.33. The molecule has 4 rings (SSSR count). The van der Waals surface area contributed by atoms with Crippen molar-refractivity contribution in [2.45, 2.75) is 50.3 Å².